The summed E-state index contributed by atoms with van der Waals surface area (Å²) in [5, 5.41) is 6.09. The van der Waals surface area contributed by atoms with Crippen molar-refractivity contribution in [3.63, 3.8) is 0 Å². The lowest BCUT2D eigenvalue weighted by atomic mass is 10.0. The molecule has 2 heterocycles. The lowest BCUT2D eigenvalue weighted by Gasteiger charge is -2.25. The number of nitrogens with zero attached hydrogens (tertiary/aromatic N) is 3. The molecule has 0 saturated heterocycles. The molecule has 1 aliphatic rings. The van der Waals surface area contributed by atoms with E-state index in [1.54, 1.807) is 0 Å². The van der Waals surface area contributed by atoms with Gasteiger partial charge in [-0.05, 0) is 29.8 Å². The predicted octanol–water partition coefficient (Wildman–Crippen LogP) is 6.52. The first-order chi connectivity index (χ1) is 18.4. The summed E-state index contributed by atoms with van der Waals surface area (Å²) in [5.74, 6) is -14.1. The molecule has 3 aromatic rings. The molecular formula is C23H15F10N3O4. The Morgan fingerprint density at radius 3 is 2.25 bits per heavy atom. The third kappa shape index (κ3) is 5.55. The number of hydrogen-bond donors (Lipinski definition) is 0. The second kappa shape index (κ2) is 9.94. The van der Waals surface area contributed by atoms with Crippen molar-refractivity contribution >= 4 is 11.6 Å². The number of carbonyl (C=O) groups excluding carboxylic acids is 1. The third-order valence-corrected chi connectivity index (χ3v) is 5.80. The molecular weight excluding hydrogens is 572 g/mol. The van der Waals surface area contributed by atoms with Gasteiger partial charge in [-0.15, -0.1) is 23.4 Å². The summed E-state index contributed by atoms with van der Waals surface area (Å²) < 4.78 is 148. The minimum Gasteiger partial charge on any atom is -0.415 e. The molecule has 1 aromatic heterocycles. The maximum atomic E-state index is 15.0. The van der Waals surface area contributed by atoms with Gasteiger partial charge in [-0.1, -0.05) is 12.1 Å². The Kier molecular flexibility index (Phi) is 7.23. The highest BCUT2D eigenvalue weighted by molar-refractivity contribution is 5.96. The number of halogens is 10. The molecule has 4 rings (SSSR count). The van der Waals surface area contributed by atoms with Crippen LogP contribution in [-0.4, -0.2) is 35.8 Å². The molecule has 2 aromatic carbocycles. The van der Waals surface area contributed by atoms with E-state index in [9.17, 15) is 48.7 Å². The first-order valence-corrected chi connectivity index (χ1v) is 11.0. The molecule has 0 radical (unpaired) electrons. The highest BCUT2D eigenvalue weighted by Gasteiger charge is 2.63. The Hall–Kier alpha value is -3.89. The van der Waals surface area contributed by atoms with Crippen LogP contribution >= 0.6 is 0 Å². The first-order valence-electron chi connectivity index (χ1n) is 11.0. The molecule has 216 valence electrons. The van der Waals surface area contributed by atoms with Crippen LogP contribution in [0.15, 0.2) is 40.8 Å². The number of hydrogen-bond acceptors (Lipinski definition) is 6. The molecule has 0 saturated carbocycles. The van der Waals surface area contributed by atoms with E-state index in [2.05, 4.69) is 24.1 Å². The summed E-state index contributed by atoms with van der Waals surface area (Å²) in [6.07, 6.45) is -12.4. The predicted molar refractivity (Wildman–Crippen MR) is 113 cm³/mol. The van der Waals surface area contributed by atoms with Crippen LogP contribution in [-0.2, 0) is 27.9 Å². The molecule has 17 heteroatoms. The number of methoxy groups -OCH3 is 1. The minimum atomic E-state index is -5.69. The summed E-state index contributed by atoms with van der Waals surface area (Å²) >= 11 is 0. The van der Waals surface area contributed by atoms with Crippen LogP contribution in [0.25, 0.3) is 11.5 Å². The summed E-state index contributed by atoms with van der Waals surface area (Å²) in [7, 11) is 0.355. The van der Waals surface area contributed by atoms with Gasteiger partial charge in [0.15, 0.2) is 0 Å². The number of aromatic nitrogens is 2. The number of anilines is 1. The zero-order chi connectivity index (χ0) is 29.7. The zero-order valence-electron chi connectivity index (χ0n) is 19.8. The van der Waals surface area contributed by atoms with Gasteiger partial charge < -0.3 is 18.8 Å². The van der Waals surface area contributed by atoms with E-state index in [0.717, 1.165) is 29.2 Å². The van der Waals surface area contributed by atoms with Gasteiger partial charge in [-0.25, -0.2) is 13.2 Å². The number of rotatable bonds is 6. The smallest absolute Gasteiger partial charge is 0.415 e. The van der Waals surface area contributed by atoms with E-state index in [-0.39, 0.29) is 5.56 Å². The lowest BCUT2D eigenvalue weighted by Crippen LogP contribution is -2.40. The molecule has 1 aliphatic heterocycles. The van der Waals surface area contributed by atoms with Gasteiger partial charge in [0.25, 0.3) is 17.7 Å². The van der Waals surface area contributed by atoms with E-state index < -0.39 is 89.8 Å². The molecule has 1 atom stereocenters. The second-order valence-electron chi connectivity index (χ2n) is 8.43. The molecule has 7 nitrogen and oxygen atoms in total. The highest BCUT2D eigenvalue weighted by Crippen LogP contribution is 2.46. The topological polar surface area (TPSA) is 77.7 Å². The molecule has 0 spiro atoms. The maximum Gasteiger partial charge on any atom is 0.573 e. The van der Waals surface area contributed by atoms with E-state index in [1.807, 2.05) is 0 Å². The van der Waals surface area contributed by atoms with Crippen LogP contribution in [0.4, 0.5) is 49.6 Å². The van der Waals surface area contributed by atoms with Gasteiger partial charge in [-0.2, -0.15) is 17.6 Å². The number of carbonyl (C=O) groups is 1. The fourth-order valence-corrected chi connectivity index (χ4v) is 3.85. The normalized spacial score (nSPS) is 17.3. The van der Waals surface area contributed by atoms with Crippen LogP contribution in [0, 0.1) is 5.82 Å². The van der Waals surface area contributed by atoms with E-state index in [0.29, 0.717) is 19.2 Å². The highest BCUT2D eigenvalue weighted by atomic mass is 19.4. The Morgan fingerprint density at radius 1 is 1.02 bits per heavy atom. The number of benzene rings is 2. The first kappa shape index (κ1) is 29.1. The number of amides is 1. The molecule has 0 aliphatic carbocycles. The van der Waals surface area contributed by atoms with Crippen molar-refractivity contribution in [1.29, 1.82) is 0 Å². The standard InChI is InChI=1S/C23H15F10N3O4/c1-38-21(27,22(28,29)30)19-35-34-18(39-19)13-8-16-14(9-15(13)24)20(25,26)7-6-17(37)36(16)10-11-2-4-12(5-3-11)40-23(31,32)33/h2-5,8-9H,6-7,10H2,1H3. The van der Waals surface area contributed by atoms with Crippen molar-refractivity contribution in [2.45, 2.75) is 43.7 Å². The molecule has 1 unspecified atom stereocenters. The quantitative estimate of drug-likeness (QED) is 0.306. The fraction of sp³-hybridized carbons (Fsp3) is 0.348. The van der Waals surface area contributed by atoms with Crippen molar-refractivity contribution in [3.8, 4) is 17.2 Å². The minimum absolute atomic E-state index is 0.150. The van der Waals surface area contributed by atoms with Crippen LogP contribution in [0.5, 0.6) is 5.75 Å². The molecule has 40 heavy (non-hydrogen) atoms. The number of fused-ring (bicyclic) bond motifs is 1. The average Bonchev–Trinajstić information content (AvgIpc) is 3.32. The fourth-order valence-electron chi connectivity index (χ4n) is 3.85. The van der Waals surface area contributed by atoms with Gasteiger partial charge in [-0.3, -0.25) is 4.79 Å². The van der Waals surface area contributed by atoms with E-state index in [4.69, 9.17) is 0 Å². The van der Waals surface area contributed by atoms with Crippen LogP contribution in [0.1, 0.15) is 29.9 Å². The van der Waals surface area contributed by atoms with Crippen molar-refractivity contribution in [2.75, 3.05) is 12.0 Å². The summed E-state index contributed by atoms with van der Waals surface area (Å²) in [6.45, 7) is -0.486. The van der Waals surface area contributed by atoms with Crippen molar-refractivity contribution in [2.24, 2.45) is 0 Å². The largest absolute Gasteiger partial charge is 0.573 e. The monoisotopic (exact) mass is 587 g/mol. The second-order valence-corrected chi connectivity index (χ2v) is 8.43. The van der Waals surface area contributed by atoms with Gasteiger partial charge in [0.1, 0.15) is 11.6 Å². The van der Waals surface area contributed by atoms with Gasteiger partial charge >= 0.3 is 18.4 Å². The third-order valence-electron chi connectivity index (χ3n) is 5.80. The molecule has 1 amide bonds. The van der Waals surface area contributed by atoms with Gasteiger partial charge in [0, 0.05) is 25.5 Å². The van der Waals surface area contributed by atoms with Gasteiger partial charge in [0.2, 0.25) is 5.91 Å². The Bertz CT molecular complexity index is 1410. The van der Waals surface area contributed by atoms with Crippen molar-refractivity contribution in [1.82, 2.24) is 10.2 Å². The van der Waals surface area contributed by atoms with Crippen LogP contribution in [0.2, 0.25) is 0 Å². The van der Waals surface area contributed by atoms with Gasteiger partial charge in [0.05, 0.1) is 17.8 Å². The maximum absolute atomic E-state index is 15.0. The number of alkyl halides is 9. The molecule has 0 N–H and O–H groups in total. The van der Waals surface area contributed by atoms with Crippen LogP contribution < -0.4 is 9.64 Å². The summed E-state index contributed by atoms with van der Waals surface area (Å²) in [5.41, 5.74) is -2.27. The number of ether oxygens (including phenoxy) is 2. The van der Waals surface area contributed by atoms with E-state index >= 15 is 0 Å². The Labute approximate surface area is 217 Å². The molecule has 0 fully saturated rings. The summed E-state index contributed by atoms with van der Waals surface area (Å²) in [4.78, 5) is 13.6. The van der Waals surface area contributed by atoms with Crippen molar-refractivity contribution < 1.29 is 62.6 Å². The SMILES string of the molecule is COC(F)(c1nnc(-c2cc3c(cc2F)C(F)(F)CCC(=O)N3Cc2ccc(OC(F)(F)F)cc2)o1)C(F)(F)F. The van der Waals surface area contributed by atoms with E-state index in [1.165, 1.54) is 0 Å². The lowest BCUT2D eigenvalue weighted by molar-refractivity contribution is -0.341. The summed E-state index contributed by atoms with van der Waals surface area (Å²) in [6, 6.07) is 5.03. The Morgan fingerprint density at radius 2 is 1.68 bits per heavy atom. The van der Waals surface area contributed by atoms with Crippen molar-refractivity contribution in [3.05, 3.63) is 59.2 Å². The Balaban J connectivity index is 1.77. The van der Waals surface area contributed by atoms with Crippen LogP contribution in [0.3, 0.4) is 0 Å². The molecule has 0 bridgehead atoms. The zero-order valence-corrected chi connectivity index (χ0v) is 19.8. The average molecular weight is 587 g/mol.